The Kier molecular flexibility index (Phi) is 6.40. The Bertz CT molecular complexity index is 1420. The molecular formula is C26H26N2O6. The van der Waals surface area contributed by atoms with E-state index in [1.807, 2.05) is 19.9 Å². The van der Waals surface area contributed by atoms with Crippen molar-refractivity contribution in [1.82, 2.24) is 5.32 Å². The number of hydrogen-bond acceptors (Lipinski definition) is 6. The molecule has 0 unspecified atom stereocenters. The normalized spacial score (nSPS) is 13.0. The van der Waals surface area contributed by atoms with Crippen molar-refractivity contribution in [1.29, 1.82) is 0 Å². The lowest BCUT2D eigenvalue weighted by Crippen LogP contribution is -2.48. The van der Waals surface area contributed by atoms with E-state index in [1.54, 1.807) is 49.6 Å². The molecular weight excluding hydrogens is 436 g/mol. The van der Waals surface area contributed by atoms with E-state index in [0.717, 1.165) is 0 Å². The van der Waals surface area contributed by atoms with Crippen molar-refractivity contribution in [2.45, 2.75) is 32.7 Å². The van der Waals surface area contributed by atoms with Gasteiger partial charge >= 0.3 is 5.63 Å². The average molecular weight is 463 g/mol. The molecule has 2 atom stereocenters. The quantitative estimate of drug-likeness (QED) is 0.384. The molecule has 2 aromatic heterocycles. The first-order valence-electron chi connectivity index (χ1n) is 11.0. The SMILES string of the molecule is CC[C@H](C)[C@H](NC(=O)Cc1c(-c2ccc(OC)cc2)oc2c1c(=O)oc1ccccc12)C(N)=O. The van der Waals surface area contributed by atoms with Gasteiger partial charge in [0.1, 0.15) is 28.5 Å². The summed E-state index contributed by atoms with van der Waals surface area (Å²) in [7, 11) is 1.57. The van der Waals surface area contributed by atoms with Crippen LogP contribution in [0.1, 0.15) is 25.8 Å². The van der Waals surface area contributed by atoms with Gasteiger partial charge in [-0.15, -0.1) is 0 Å². The second kappa shape index (κ2) is 9.43. The Morgan fingerprint density at radius 1 is 1.09 bits per heavy atom. The maximum atomic E-state index is 13.0. The number of para-hydroxylation sites is 1. The molecule has 4 aromatic rings. The van der Waals surface area contributed by atoms with Crippen LogP contribution in [0.4, 0.5) is 0 Å². The van der Waals surface area contributed by atoms with Gasteiger partial charge in [-0.3, -0.25) is 9.59 Å². The molecule has 0 radical (unpaired) electrons. The van der Waals surface area contributed by atoms with Crippen LogP contribution in [0, 0.1) is 5.92 Å². The van der Waals surface area contributed by atoms with Gasteiger partial charge in [0.05, 0.1) is 18.9 Å². The summed E-state index contributed by atoms with van der Waals surface area (Å²) < 4.78 is 17.0. The fourth-order valence-corrected chi connectivity index (χ4v) is 4.02. The largest absolute Gasteiger partial charge is 0.497 e. The zero-order valence-corrected chi connectivity index (χ0v) is 19.2. The Morgan fingerprint density at radius 3 is 2.44 bits per heavy atom. The van der Waals surface area contributed by atoms with E-state index in [4.69, 9.17) is 19.3 Å². The van der Waals surface area contributed by atoms with Crippen molar-refractivity contribution in [3.05, 3.63) is 64.5 Å². The van der Waals surface area contributed by atoms with Crippen LogP contribution >= 0.6 is 0 Å². The maximum Gasteiger partial charge on any atom is 0.347 e. The molecule has 2 aromatic carbocycles. The van der Waals surface area contributed by atoms with Crippen LogP contribution in [-0.4, -0.2) is 25.0 Å². The van der Waals surface area contributed by atoms with Gasteiger partial charge in [-0.25, -0.2) is 4.79 Å². The second-order valence-electron chi connectivity index (χ2n) is 8.24. The summed E-state index contributed by atoms with van der Waals surface area (Å²) in [5, 5.41) is 3.53. The van der Waals surface area contributed by atoms with Gasteiger partial charge in [-0.2, -0.15) is 0 Å². The molecule has 0 saturated carbocycles. The summed E-state index contributed by atoms with van der Waals surface area (Å²) in [4.78, 5) is 37.9. The van der Waals surface area contributed by atoms with Gasteiger partial charge in [0.2, 0.25) is 11.8 Å². The van der Waals surface area contributed by atoms with Crippen LogP contribution in [0.5, 0.6) is 5.75 Å². The highest BCUT2D eigenvalue weighted by molar-refractivity contribution is 6.05. The van der Waals surface area contributed by atoms with Crippen LogP contribution in [0.25, 0.3) is 33.3 Å². The summed E-state index contributed by atoms with van der Waals surface area (Å²) in [5.41, 5.74) is 6.68. The lowest BCUT2D eigenvalue weighted by atomic mass is 9.97. The number of fused-ring (bicyclic) bond motifs is 3. The third-order valence-corrected chi connectivity index (χ3v) is 6.07. The molecule has 34 heavy (non-hydrogen) atoms. The first-order chi connectivity index (χ1) is 16.3. The number of benzene rings is 2. The Morgan fingerprint density at radius 2 is 1.79 bits per heavy atom. The van der Waals surface area contributed by atoms with Crippen LogP contribution in [0.3, 0.4) is 0 Å². The van der Waals surface area contributed by atoms with E-state index in [-0.39, 0.29) is 17.7 Å². The molecule has 0 aliphatic carbocycles. The number of nitrogens with one attached hydrogen (secondary N) is 1. The molecule has 0 fully saturated rings. The molecule has 3 N–H and O–H groups in total. The third-order valence-electron chi connectivity index (χ3n) is 6.07. The van der Waals surface area contributed by atoms with E-state index in [0.29, 0.717) is 45.6 Å². The van der Waals surface area contributed by atoms with Crippen molar-refractivity contribution in [3.8, 4) is 17.1 Å². The molecule has 176 valence electrons. The van der Waals surface area contributed by atoms with Crippen molar-refractivity contribution in [3.63, 3.8) is 0 Å². The first kappa shape index (κ1) is 23.1. The summed E-state index contributed by atoms with van der Waals surface area (Å²) in [6.45, 7) is 3.75. The topological polar surface area (TPSA) is 125 Å². The predicted octanol–water partition coefficient (Wildman–Crippen LogP) is 3.77. The molecule has 0 saturated heterocycles. The van der Waals surface area contributed by atoms with Gasteiger partial charge in [-0.1, -0.05) is 32.4 Å². The molecule has 0 spiro atoms. The number of primary amides is 1. The highest BCUT2D eigenvalue weighted by Gasteiger charge is 2.27. The van der Waals surface area contributed by atoms with Crippen LogP contribution in [-0.2, 0) is 16.0 Å². The molecule has 0 aliphatic heterocycles. The summed E-state index contributed by atoms with van der Waals surface area (Å²) in [5.74, 6) is -0.176. The Labute approximate surface area is 195 Å². The van der Waals surface area contributed by atoms with Gasteiger partial charge in [0, 0.05) is 11.1 Å². The zero-order chi connectivity index (χ0) is 24.4. The van der Waals surface area contributed by atoms with Crippen LogP contribution < -0.4 is 21.4 Å². The van der Waals surface area contributed by atoms with Gasteiger partial charge in [-0.05, 0) is 42.3 Å². The lowest BCUT2D eigenvalue weighted by Gasteiger charge is -2.21. The number of amides is 2. The van der Waals surface area contributed by atoms with Crippen molar-refractivity contribution in [2.75, 3.05) is 7.11 Å². The van der Waals surface area contributed by atoms with Crippen molar-refractivity contribution < 1.29 is 23.2 Å². The predicted molar refractivity (Wildman–Crippen MR) is 129 cm³/mol. The van der Waals surface area contributed by atoms with E-state index < -0.39 is 23.5 Å². The number of hydrogen-bond donors (Lipinski definition) is 2. The third kappa shape index (κ3) is 4.26. The number of carbonyl (C=O) groups excluding carboxylic acids is 2. The highest BCUT2D eigenvalue weighted by atomic mass is 16.5. The van der Waals surface area contributed by atoms with Gasteiger partial charge in [0.15, 0.2) is 5.58 Å². The van der Waals surface area contributed by atoms with E-state index in [1.165, 1.54) is 0 Å². The van der Waals surface area contributed by atoms with Gasteiger partial charge in [0.25, 0.3) is 0 Å². The zero-order valence-electron chi connectivity index (χ0n) is 19.2. The first-order valence-corrected chi connectivity index (χ1v) is 11.0. The Balaban J connectivity index is 1.86. The summed E-state index contributed by atoms with van der Waals surface area (Å²) in [6, 6.07) is 13.3. The minimum absolute atomic E-state index is 0.141. The minimum Gasteiger partial charge on any atom is -0.497 e. The van der Waals surface area contributed by atoms with Crippen LogP contribution in [0.15, 0.2) is 62.2 Å². The molecule has 4 rings (SSSR count). The molecule has 8 nitrogen and oxygen atoms in total. The number of carbonyl (C=O) groups is 2. The van der Waals surface area contributed by atoms with E-state index in [2.05, 4.69) is 5.32 Å². The summed E-state index contributed by atoms with van der Waals surface area (Å²) in [6.07, 6.45) is 0.465. The standard InChI is InChI=1S/C26H26N2O6/c1-4-14(2)22(25(27)30)28-20(29)13-18-21-24(17-7-5-6-8-19(17)33-26(21)31)34-23(18)15-9-11-16(32-3)12-10-15/h5-12,14,22H,4,13H2,1-3H3,(H2,27,30)(H,28,29)/t14-,22-/m0/s1. The van der Waals surface area contributed by atoms with Gasteiger partial charge < -0.3 is 24.6 Å². The molecule has 8 heteroatoms. The molecule has 2 heterocycles. The van der Waals surface area contributed by atoms with E-state index in [9.17, 15) is 14.4 Å². The lowest BCUT2D eigenvalue weighted by molar-refractivity contribution is -0.128. The van der Waals surface area contributed by atoms with E-state index >= 15 is 0 Å². The molecule has 0 bridgehead atoms. The monoisotopic (exact) mass is 462 g/mol. The fraction of sp³-hybridized carbons (Fsp3) is 0.269. The van der Waals surface area contributed by atoms with Crippen LogP contribution in [0.2, 0.25) is 0 Å². The highest BCUT2D eigenvalue weighted by Crippen LogP contribution is 2.36. The fourth-order valence-electron chi connectivity index (χ4n) is 4.02. The number of furan rings is 1. The van der Waals surface area contributed by atoms with Crippen molar-refractivity contribution >= 4 is 33.8 Å². The van der Waals surface area contributed by atoms with Crippen molar-refractivity contribution in [2.24, 2.45) is 11.7 Å². The molecule has 2 amide bonds. The Hall–Kier alpha value is -4.07. The number of nitrogens with two attached hydrogens (primary N) is 1. The second-order valence-corrected chi connectivity index (χ2v) is 8.24. The molecule has 0 aliphatic rings. The smallest absolute Gasteiger partial charge is 0.347 e. The number of rotatable bonds is 8. The number of methoxy groups -OCH3 is 1. The summed E-state index contributed by atoms with van der Waals surface area (Å²) >= 11 is 0. The number of ether oxygens (including phenoxy) is 1. The minimum atomic E-state index is -0.822. The average Bonchev–Trinajstić information content (AvgIpc) is 3.22. The maximum absolute atomic E-state index is 13.0.